The van der Waals surface area contributed by atoms with E-state index in [0.29, 0.717) is 31.3 Å². The van der Waals surface area contributed by atoms with Gasteiger partial charge in [0.2, 0.25) is 5.91 Å². The first-order chi connectivity index (χ1) is 9.13. The van der Waals surface area contributed by atoms with Gasteiger partial charge in [-0.25, -0.2) is 0 Å². The fourth-order valence-corrected chi connectivity index (χ4v) is 2.39. The minimum absolute atomic E-state index is 0.109. The van der Waals surface area contributed by atoms with Crippen molar-refractivity contribution in [2.24, 2.45) is 5.92 Å². The Bertz CT molecular complexity index is 291. The third-order valence-corrected chi connectivity index (χ3v) is 3.71. The fraction of sp³-hybridized carbons (Fsp3) is 0.867. The zero-order chi connectivity index (χ0) is 14.1. The van der Waals surface area contributed by atoms with Crippen LogP contribution in [0.15, 0.2) is 0 Å². The first-order valence-electron chi connectivity index (χ1n) is 7.57. The van der Waals surface area contributed by atoms with Gasteiger partial charge in [0.15, 0.2) is 0 Å². The Morgan fingerprint density at radius 1 is 1.32 bits per heavy atom. The molecule has 0 spiro atoms. The van der Waals surface area contributed by atoms with E-state index in [2.05, 4.69) is 6.92 Å². The van der Waals surface area contributed by atoms with Crippen molar-refractivity contribution in [2.75, 3.05) is 19.7 Å². The quantitative estimate of drug-likeness (QED) is 0.527. The molecule has 1 aliphatic heterocycles. The molecular weight excluding hydrogens is 242 g/mol. The molecule has 1 amide bonds. The van der Waals surface area contributed by atoms with E-state index >= 15 is 0 Å². The Morgan fingerprint density at radius 2 is 2.11 bits per heavy atom. The number of likely N-dealkylation sites (tertiary alicyclic amines) is 1. The van der Waals surface area contributed by atoms with Gasteiger partial charge in [0, 0.05) is 25.9 Å². The smallest absolute Gasteiger partial charge is 0.305 e. The molecule has 19 heavy (non-hydrogen) atoms. The highest BCUT2D eigenvalue weighted by molar-refractivity contribution is 5.76. The van der Waals surface area contributed by atoms with Gasteiger partial charge in [-0.1, -0.05) is 13.3 Å². The lowest BCUT2D eigenvalue weighted by molar-refractivity contribution is -0.143. The summed E-state index contributed by atoms with van der Waals surface area (Å²) < 4.78 is 4.88. The van der Waals surface area contributed by atoms with E-state index in [9.17, 15) is 9.59 Å². The molecule has 4 nitrogen and oxygen atoms in total. The summed E-state index contributed by atoms with van der Waals surface area (Å²) in [6.45, 7) is 6.24. The highest BCUT2D eigenvalue weighted by Crippen LogP contribution is 2.18. The molecule has 1 atom stereocenters. The maximum Gasteiger partial charge on any atom is 0.305 e. The normalized spacial score (nSPS) is 20.2. The number of esters is 1. The van der Waals surface area contributed by atoms with Crippen LogP contribution in [0.25, 0.3) is 0 Å². The minimum atomic E-state index is -0.109. The Kier molecular flexibility index (Phi) is 7.53. The highest BCUT2D eigenvalue weighted by atomic mass is 16.5. The Hall–Kier alpha value is -1.06. The maximum absolute atomic E-state index is 11.9. The van der Waals surface area contributed by atoms with Crippen molar-refractivity contribution in [3.8, 4) is 0 Å². The average Bonchev–Trinajstić information content (AvgIpc) is 2.53. The van der Waals surface area contributed by atoms with Crippen LogP contribution in [0.2, 0.25) is 0 Å². The number of amides is 1. The van der Waals surface area contributed by atoms with Crippen LogP contribution in [0.1, 0.15) is 58.8 Å². The van der Waals surface area contributed by atoms with Gasteiger partial charge < -0.3 is 9.64 Å². The van der Waals surface area contributed by atoms with Crippen molar-refractivity contribution in [2.45, 2.75) is 58.8 Å². The lowest BCUT2D eigenvalue weighted by Gasteiger charge is -2.20. The van der Waals surface area contributed by atoms with E-state index in [4.69, 9.17) is 4.74 Å². The van der Waals surface area contributed by atoms with Crippen molar-refractivity contribution >= 4 is 11.9 Å². The van der Waals surface area contributed by atoms with E-state index < -0.39 is 0 Å². The van der Waals surface area contributed by atoms with E-state index in [1.165, 1.54) is 0 Å². The first-order valence-corrected chi connectivity index (χ1v) is 7.57. The lowest BCUT2D eigenvalue weighted by atomic mass is 10.0. The monoisotopic (exact) mass is 269 g/mol. The van der Waals surface area contributed by atoms with Crippen LogP contribution in [-0.4, -0.2) is 36.5 Å². The predicted octanol–water partition coefficient (Wildman–Crippen LogP) is 2.76. The zero-order valence-corrected chi connectivity index (χ0v) is 12.3. The molecule has 0 aromatic rings. The van der Waals surface area contributed by atoms with Gasteiger partial charge in [0.05, 0.1) is 6.61 Å². The standard InChI is InChI=1S/C15H27NO3/c1-3-19-15(18)7-5-4-6-11-16-12-10-13(2)8-9-14(16)17/h13H,3-12H2,1-2H3. The molecule has 1 saturated heterocycles. The van der Waals surface area contributed by atoms with Crippen LogP contribution in [0.3, 0.4) is 0 Å². The van der Waals surface area contributed by atoms with Gasteiger partial charge in [-0.2, -0.15) is 0 Å². The molecule has 0 bridgehead atoms. The van der Waals surface area contributed by atoms with Crippen LogP contribution in [0.5, 0.6) is 0 Å². The third kappa shape index (κ3) is 6.60. The van der Waals surface area contributed by atoms with Crippen LogP contribution in [0, 0.1) is 5.92 Å². The number of hydrogen-bond donors (Lipinski definition) is 0. The average molecular weight is 269 g/mol. The molecule has 0 N–H and O–H groups in total. The summed E-state index contributed by atoms with van der Waals surface area (Å²) >= 11 is 0. The van der Waals surface area contributed by atoms with E-state index in [-0.39, 0.29) is 5.97 Å². The number of hydrogen-bond acceptors (Lipinski definition) is 3. The van der Waals surface area contributed by atoms with Gasteiger partial charge >= 0.3 is 5.97 Å². The summed E-state index contributed by atoms with van der Waals surface area (Å²) in [6, 6.07) is 0. The summed E-state index contributed by atoms with van der Waals surface area (Å²) in [5.74, 6) is 0.856. The van der Waals surface area contributed by atoms with Crippen molar-refractivity contribution in [3.05, 3.63) is 0 Å². The van der Waals surface area contributed by atoms with Gasteiger partial charge in [-0.15, -0.1) is 0 Å². The molecule has 110 valence electrons. The zero-order valence-electron chi connectivity index (χ0n) is 12.3. The van der Waals surface area contributed by atoms with Crippen molar-refractivity contribution in [1.82, 2.24) is 4.90 Å². The molecule has 0 aromatic heterocycles. The van der Waals surface area contributed by atoms with Crippen molar-refractivity contribution in [1.29, 1.82) is 0 Å². The van der Waals surface area contributed by atoms with Crippen LogP contribution >= 0.6 is 0 Å². The summed E-state index contributed by atoms with van der Waals surface area (Å²) in [6.07, 6.45) is 6.17. The summed E-state index contributed by atoms with van der Waals surface area (Å²) in [7, 11) is 0. The second kappa shape index (κ2) is 8.94. The molecular formula is C15H27NO3. The Morgan fingerprint density at radius 3 is 2.84 bits per heavy atom. The summed E-state index contributed by atoms with van der Waals surface area (Å²) in [5, 5.41) is 0. The minimum Gasteiger partial charge on any atom is -0.466 e. The molecule has 4 heteroatoms. The molecule has 0 aromatic carbocycles. The van der Waals surface area contributed by atoms with Gasteiger partial charge in [-0.05, 0) is 38.5 Å². The number of unbranched alkanes of at least 4 members (excludes halogenated alkanes) is 2. The highest BCUT2D eigenvalue weighted by Gasteiger charge is 2.19. The topological polar surface area (TPSA) is 46.6 Å². The molecule has 1 unspecified atom stereocenters. The van der Waals surface area contributed by atoms with Gasteiger partial charge in [0.1, 0.15) is 0 Å². The van der Waals surface area contributed by atoms with E-state index in [1.807, 2.05) is 11.8 Å². The number of nitrogens with zero attached hydrogens (tertiary/aromatic N) is 1. The molecule has 1 heterocycles. The lowest BCUT2D eigenvalue weighted by Crippen LogP contribution is -2.31. The Labute approximate surface area is 116 Å². The van der Waals surface area contributed by atoms with Gasteiger partial charge in [0.25, 0.3) is 0 Å². The van der Waals surface area contributed by atoms with E-state index in [0.717, 1.165) is 45.2 Å². The first kappa shape index (κ1) is 16.0. The molecule has 0 radical (unpaired) electrons. The van der Waals surface area contributed by atoms with Crippen molar-refractivity contribution < 1.29 is 14.3 Å². The predicted molar refractivity (Wildman–Crippen MR) is 74.7 cm³/mol. The third-order valence-electron chi connectivity index (χ3n) is 3.71. The summed E-state index contributed by atoms with van der Waals surface area (Å²) in [4.78, 5) is 25.0. The molecule has 1 aliphatic rings. The Balaban J connectivity index is 2.11. The van der Waals surface area contributed by atoms with Crippen LogP contribution < -0.4 is 0 Å². The van der Waals surface area contributed by atoms with Crippen LogP contribution in [0.4, 0.5) is 0 Å². The second-order valence-corrected chi connectivity index (χ2v) is 5.43. The molecule has 0 saturated carbocycles. The van der Waals surface area contributed by atoms with Crippen LogP contribution in [-0.2, 0) is 14.3 Å². The summed E-state index contributed by atoms with van der Waals surface area (Å²) in [5.41, 5.74) is 0. The molecule has 0 aliphatic carbocycles. The van der Waals surface area contributed by atoms with E-state index in [1.54, 1.807) is 0 Å². The molecule has 1 rings (SSSR count). The van der Waals surface area contributed by atoms with Crippen molar-refractivity contribution in [3.63, 3.8) is 0 Å². The van der Waals surface area contributed by atoms with Gasteiger partial charge in [-0.3, -0.25) is 9.59 Å². The number of rotatable bonds is 7. The second-order valence-electron chi connectivity index (χ2n) is 5.43. The number of carbonyl (C=O) groups excluding carboxylic acids is 2. The number of ether oxygens (including phenoxy) is 1. The molecule has 1 fully saturated rings. The number of carbonyl (C=O) groups is 2. The SMILES string of the molecule is CCOC(=O)CCCCCN1CCC(C)CCC1=O. The largest absolute Gasteiger partial charge is 0.466 e. The fourth-order valence-electron chi connectivity index (χ4n) is 2.39. The maximum atomic E-state index is 11.9.